The highest BCUT2D eigenvalue weighted by Gasteiger charge is 2.11. The molecule has 0 saturated carbocycles. The van der Waals surface area contributed by atoms with Crippen molar-refractivity contribution in [2.24, 2.45) is 0 Å². The zero-order chi connectivity index (χ0) is 13.5. The number of hydrogen-bond donors (Lipinski definition) is 0. The Labute approximate surface area is 117 Å². The molecule has 20 heavy (non-hydrogen) atoms. The number of benzene rings is 2. The molecule has 0 unspecified atom stereocenters. The van der Waals surface area contributed by atoms with Crippen LogP contribution in [0.1, 0.15) is 5.56 Å². The van der Waals surface area contributed by atoms with E-state index in [4.69, 9.17) is 0 Å². The fourth-order valence-electron chi connectivity index (χ4n) is 2.84. The van der Waals surface area contributed by atoms with Gasteiger partial charge in [-0.15, -0.1) is 0 Å². The molecule has 0 aliphatic heterocycles. The van der Waals surface area contributed by atoms with Crippen LogP contribution in [0.2, 0.25) is 0 Å². The van der Waals surface area contributed by atoms with Gasteiger partial charge in [0.2, 0.25) is 0 Å². The zero-order valence-electron chi connectivity index (χ0n) is 11.2. The van der Waals surface area contributed by atoms with Gasteiger partial charge in [-0.25, -0.2) is 0 Å². The molecule has 0 saturated heterocycles. The van der Waals surface area contributed by atoms with Crippen LogP contribution in [-0.2, 0) is 0 Å². The first-order valence-electron chi connectivity index (χ1n) is 6.75. The van der Waals surface area contributed by atoms with E-state index in [1.807, 2.05) is 18.5 Å². The standard InChI is InChI=1S/C18H14N2/c1-13-7-8-17-15(11-13)16-12-19-10-9-18(16)20(17)14-5-3-2-4-6-14/h2-12H,1H3. The van der Waals surface area contributed by atoms with Crippen molar-refractivity contribution >= 4 is 21.8 Å². The van der Waals surface area contributed by atoms with Crippen molar-refractivity contribution in [3.05, 3.63) is 72.6 Å². The Kier molecular flexibility index (Phi) is 2.36. The van der Waals surface area contributed by atoms with E-state index in [1.54, 1.807) is 0 Å². The number of para-hydroxylation sites is 1. The second-order valence-electron chi connectivity index (χ2n) is 5.08. The lowest BCUT2D eigenvalue weighted by atomic mass is 10.1. The van der Waals surface area contributed by atoms with Crippen molar-refractivity contribution in [2.45, 2.75) is 6.92 Å². The topological polar surface area (TPSA) is 17.8 Å². The van der Waals surface area contributed by atoms with Crippen LogP contribution < -0.4 is 0 Å². The third-order valence-corrected chi connectivity index (χ3v) is 3.74. The normalized spacial score (nSPS) is 11.2. The first-order valence-corrected chi connectivity index (χ1v) is 6.75. The molecule has 0 fully saturated rings. The minimum Gasteiger partial charge on any atom is -0.309 e. The van der Waals surface area contributed by atoms with Gasteiger partial charge in [0.05, 0.1) is 11.0 Å². The van der Waals surface area contributed by atoms with Crippen LogP contribution in [0.4, 0.5) is 0 Å². The number of fused-ring (bicyclic) bond motifs is 3. The van der Waals surface area contributed by atoms with Gasteiger partial charge in [-0.2, -0.15) is 0 Å². The Hall–Kier alpha value is -2.61. The summed E-state index contributed by atoms with van der Waals surface area (Å²) < 4.78 is 2.30. The molecule has 0 aliphatic carbocycles. The molecule has 4 rings (SSSR count). The van der Waals surface area contributed by atoms with Crippen molar-refractivity contribution in [2.75, 3.05) is 0 Å². The molecule has 2 heteroatoms. The van der Waals surface area contributed by atoms with E-state index in [-0.39, 0.29) is 0 Å². The Bertz CT molecular complexity index is 905. The van der Waals surface area contributed by atoms with Gasteiger partial charge in [0, 0.05) is 28.9 Å². The average molecular weight is 258 g/mol. The maximum atomic E-state index is 4.29. The van der Waals surface area contributed by atoms with E-state index in [1.165, 1.54) is 33.1 Å². The second-order valence-corrected chi connectivity index (χ2v) is 5.08. The molecule has 0 spiro atoms. The summed E-state index contributed by atoms with van der Waals surface area (Å²) in [4.78, 5) is 4.29. The third kappa shape index (κ3) is 1.55. The first kappa shape index (κ1) is 11.2. The monoisotopic (exact) mass is 258 g/mol. The lowest BCUT2D eigenvalue weighted by Gasteiger charge is -2.07. The summed E-state index contributed by atoms with van der Waals surface area (Å²) in [7, 11) is 0. The highest BCUT2D eigenvalue weighted by Crippen LogP contribution is 2.31. The molecule has 0 N–H and O–H groups in total. The molecule has 96 valence electrons. The fraction of sp³-hybridized carbons (Fsp3) is 0.0556. The van der Waals surface area contributed by atoms with Crippen LogP contribution in [0.25, 0.3) is 27.5 Å². The summed E-state index contributed by atoms with van der Waals surface area (Å²) in [5.41, 5.74) is 4.88. The Morgan fingerprint density at radius 1 is 0.850 bits per heavy atom. The van der Waals surface area contributed by atoms with E-state index in [0.717, 1.165) is 0 Å². The minimum atomic E-state index is 1.18. The summed E-state index contributed by atoms with van der Waals surface area (Å²) >= 11 is 0. The lowest BCUT2D eigenvalue weighted by Crippen LogP contribution is -1.92. The molecule has 0 aliphatic rings. The predicted molar refractivity (Wildman–Crippen MR) is 83.3 cm³/mol. The smallest absolute Gasteiger partial charge is 0.0571 e. The highest BCUT2D eigenvalue weighted by molar-refractivity contribution is 6.09. The van der Waals surface area contributed by atoms with Gasteiger partial charge in [-0.05, 0) is 37.3 Å². The Morgan fingerprint density at radius 2 is 1.65 bits per heavy atom. The van der Waals surface area contributed by atoms with Gasteiger partial charge in [0.15, 0.2) is 0 Å². The SMILES string of the molecule is Cc1ccc2c(c1)c1cnccc1n2-c1ccccc1. The van der Waals surface area contributed by atoms with Crippen LogP contribution in [0.5, 0.6) is 0 Å². The number of hydrogen-bond acceptors (Lipinski definition) is 1. The molecule has 4 aromatic rings. The molecule has 0 amide bonds. The van der Waals surface area contributed by atoms with Gasteiger partial charge in [0.1, 0.15) is 0 Å². The highest BCUT2D eigenvalue weighted by atomic mass is 15.0. The van der Waals surface area contributed by atoms with Crippen LogP contribution in [0.3, 0.4) is 0 Å². The maximum Gasteiger partial charge on any atom is 0.0571 e. The number of nitrogens with zero attached hydrogens (tertiary/aromatic N) is 2. The molecule has 0 radical (unpaired) electrons. The molecular weight excluding hydrogens is 244 g/mol. The average Bonchev–Trinajstić information content (AvgIpc) is 2.82. The number of rotatable bonds is 1. The molecule has 2 aromatic heterocycles. The van der Waals surface area contributed by atoms with E-state index in [2.05, 4.69) is 65.0 Å². The lowest BCUT2D eigenvalue weighted by molar-refractivity contribution is 1.17. The van der Waals surface area contributed by atoms with Gasteiger partial charge in [-0.1, -0.05) is 29.8 Å². The van der Waals surface area contributed by atoms with Crippen molar-refractivity contribution in [1.82, 2.24) is 9.55 Å². The molecule has 2 nitrogen and oxygen atoms in total. The van der Waals surface area contributed by atoms with Crippen molar-refractivity contribution < 1.29 is 0 Å². The summed E-state index contributed by atoms with van der Waals surface area (Å²) in [6.45, 7) is 2.13. The number of pyridine rings is 1. The first-order chi connectivity index (χ1) is 9.84. The largest absolute Gasteiger partial charge is 0.309 e. The fourth-order valence-corrected chi connectivity index (χ4v) is 2.84. The van der Waals surface area contributed by atoms with Crippen LogP contribution in [0.15, 0.2) is 67.0 Å². The Balaban J connectivity index is 2.22. The van der Waals surface area contributed by atoms with Gasteiger partial charge in [-0.3, -0.25) is 4.98 Å². The van der Waals surface area contributed by atoms with Crippen molar-refractivity contribution in [3.63, 3.8) is 0 Å². The van der Waals surface area contributed by atoms with E-state index in [0.29, 0.717) is 0 Å². The number of aryl methyl sites for hydroxylation is 1. The van der Waals surface area contributed by atoms with Gasteiger partial charge in [0.25, 0.3) is 0 Å². The van der Waals surface area contributed by atoms with Crippen LogP contribution in [0, 0.1) is 6.92 Å². The molecule has 2 heterocycles. The quantitative estimate of drug-likeness (QED) is 0.492. The zero-order valence-corrected chi connectivity index (χ0v) is 11.2. The minimum absolute atomic E-state index is 1.18. The molecule has 0 atom stereocenters. The second kappa shape index (κ2) is 4.20. The van der Waals surface area contributed by atoms with Gasteiger partial charge >= 0.3 is 0 Å². The summed E-state index contributed by atoms with van der Waals surface area (Å²) in [6.07, 6.45) is 3.81. The predicted octanol–water partition coefficient (Wildman–Crippen LogP) is 4.49. The number of aromatic nitrogens is 2. The summed E-state index contributed by atoms with van der Waals surface area (Å²) in [6, 6.07) is 19.1. The molecule has 0 bridgehead atoms. The van der Waals surface area contributed by atoms with E-state index < -0.39 is 0 Å². The van der Waals surface area contributed by atoms with E-state index in [9.17, 15) is 0 Å². The van der Waals surface area contributed by atoms with E-state index >= 15 is 0 Å². The Morgan fingerprint density at radius 3 is 2.50 bits per heavy atom. The molecule has 2 aromatic carbocycles. The summed E-state index contributed by atoms with van der Waals surface area (Å²) in [5, 5.41) is 2.46. The van der Waals surface area contributed by atoms with Crippen molar-refractivity contribution in [3.8, 4) is 5.69 Å². The third-order valence-electron chi connectivity index (χ3n) is 3.74. The maximum absolute atomic E-state index is 4.29. The molecular formula is C18H14N2. The van der Waals surface area contributed by atoms with Gasteiger partial charge < -0.3 is 4.57 Å². The van der Waals surface area contributed by atoms with Crippen LogP contribution >= 0.6 is 0 Å². The summed E-state index contributed by atoms with van der Waals surface area (Å²) in [5.74, 6) is 0. The van der Waals surface area contributed by atoms with Crippen molar-refractivity contribution in [1.29, 1.82) is 0 Å². The van der Waals surface area contributed by atoms with Crippen LogP contribution in [-0.4, -0.2) is 9.55 Å².